The minimum absolute atomic E-state index is 0. The molecule has 1 nitrogen and oxygen atoms in total. The Balaban J connectivity index is -0.000000171. The normalized spacial score (nSPS) is 10.8. The van der Waals surface area contributed by atoms with Gasteiger partial charge in [0.25, 0.3) is 0 Å². The maximum atomic E-state index is 4.31. The Morgan fingerprint density at radius 1 is 0.929 bits per heavy atom. The van der Waals surface area contributed by atoms with Crippen LogP contribution in [0.1, 0.15) is 68.4 Å². The second kappa shape index (κ2) is 24.6. The van der Waals surface area contributed by atoms with E-state index in [0.29, 0.717) is 0 Å². The first-order valence-corrected chi connectivity index (χ1v) is 9.59. The van der Waals surface area contributed by atoms with Crippen molar-refractivity contribution in [2.75, 3.05) is 0 Å². The molecule has 0 bridgehead atoms. The summed E-state index contributed by atoms with van der Waals surface area (Å²) in [5.41, 5.74) is 5.51. The number of hydrogen-bond acceptors (Lipinski definition) is 1. The molecule has 1 aromatic carbocycles. The Labute approximate surface area is 177 Å². The zero-order valence-electron chi connectivity index (χ0n) is 19.1. The summed E-state index contributed by atoms with van der Waals surface area (Å²) in [6.07, 6.45) is 9.70. The third-order valence-corrected chi connectivity index (χ3v) is 3.33. The van der Waals surface area contributed by atoms with Gasteiger partial charge in [-0.1, -0.05) is 94.6 Å². The zero-order chi connectivity index (χ0) is 21.7. The molecule has 0 fully saturated rings. The Bertz CT molecular complexity index is 607. The van der Waals surface area contributed by atoms with Crippen LogP contribution < -0.4 is 0 Å². The molecule has 0 aliphatic carbocycles. The smallest absolute Gasteiger partial charge is 0.0395 e. The van der Waals surface area contributed by atoms with Gasteiger partial charge >= 0.3 is 0 Å². The molecule has 0 atom stereocenters. The van der Waals surface area contributed by atoms with Crippen LogP contribution in [0, 0.1) is 6.92 Å². The summed E-state index contributed by atoms with van der Waals surface area (Å²) in [5, 5.41) is 0. The van der Waals surface area contributed by atoms with E-state index in [2.05, 4.69) is 37.2 Å². The average Bonchev–Trinajstić information content (AvgIpc) is 2.69. The number of benzene rings is 1. The van der Waals surface area contributed by atoms with Gasteiger partial charge < -0.3 is 0 Å². The van der Waals surface area contributed by atoms with E-state index in [-0.39, 0.29) is 7.43 Å². The van der Waals surface area contributed by atoms with Gasteiger partial charge in [0.15, 0.2) is 0 Å². The second-order valence-corrected chi connectivity index (χ2v) is 5.58. The summed E-state index contributed by atoms with van der Waals surface area (Å²) in [6, 6.07) is 10.3. The van der Waals surface area contributed by atoms with E-state index in [9.17, 15) is 0 Å². The number of rotatable bonds is 4. The van der Waals surface area contributed by atoms with E-state index in [1.54, 1.807) is 0 Å². The summed E-state index contributed by atoms with van der Waals surface area (Å²) in [4.78, 5) is 4.31. The number of aliphatic imine (C=N–C) groups is 1. The van der Waals surface area contributed by atoms with Crippen molar-refractivity contribution < 1.29 is 0 Å². The highest BCUT2D eigenvalue weighted by atomic mass is 14.7. The van der Waals surface area contributed by atoms with Crippen molar-refractivity contribution >= 4 is 5.71 Å². The van der Waals surface area contributed by atoms with Crippen molar-refractivity contribution in [2.24, 2.45) is 4.99 Å². The SMILES string of the molecule is C.C/C=C\C.C=CC(=C\C)/C(C)=C/N=C(C)C(=C)C.CC.Cc1ccccc1. The van der Waals surface area contributed by atoms with Crippen molar-refractivity contribution in [1.82, 2.24) is 0 Å². The largest absolute Gasteiger partial charge is 0.261 e. The lowest BCUT2D eigenvalue weighted by Crippen LogP contribution is -1.90. The van der Waals surface area contributed by atoms with Crippen LogP contribution in [0.5, 0.6) is 0 Å². The molecule has 0 heterocycles. The number of aryl methyl sites for hydroxylation is 1. The van der Waals surface area contributed by atoms with Crippen LogP contribution in [-0.4, -0.2) is 5.71 Å². The summed E-state index contributed by atoms with van der Waals surface area (Å²) in [5.74, 6) is 0. The van der Waals surface area contributed by atoms with Gasteiger partial charge in [-0.3, -0.25) is 4.99 Å². The van der Waals surface area contributed by atoms with E-state index in [0.717, 1.165) is 22.4 Å². The molecule has 1 aromatic rings. The van der Waals surface area contributed by atoms with Crippen LogP contribution in [-0.2, 0) is 0 Å². The van der Waals surface area contributed by atoms with Gasteiger partial charge in [0.2, 0.25) is 0 Å². The third-order valence-electron chi connectivity index (χ3n) is 3.33. The van der Waals surface area contributed by atoms with Crippen molar-refractivity contribution in [3.05, 3.63) is 96.3 Å². The standard InChI is InChI=1S/C13H19N.C7H8.C4H8.C2H6.CH4/c1-7-13(8-2)11(5)9-14-12(6)10(3)4;1-7-5-3-2-4-6-7;1-3-4-2;1-2;/h7-9H,1,3H2,2,4-6H3;2-6H,1H3;3-4H,1-2H3;1-2H3;1H4/b11-9+,13-8+,14-12?;;4-3-;;. The Hall–Kier alpha value is -2.41. The van der Waals surface area contributed by atoms with Crippen molar-refractivity contribution in [1.29, 1.82) is 0 Å². The van der Waals surface area contributed by atoms with E-state index < -0.39 is 0 Å². The highest BCUT2D eigenvalue weighted by molar-refractivity contribution is 5.97. The second-order valence-electron chi connectivity index (χ2n) is 5.58. The minimum Gasteiger partial charge on any atom is -0.261 e. The van der Waals surface area contributed by atoms with Crippen LogP contribution in [0.4, 0.5) is 0 Å². The topological polar surface area (TPSA) is 12.4 Å². The minimum atomic E-state index is 0. The lowest BCUT2D eigenvalue weighted by molar-refractivity contribution is 1.34. The van der Waals surface area contributed by atoms with Crippen molar-refractivity contribution in [3.63, 3.8) is 0 Å². The summed E-state index contributed by atoms with van der Waals surface area (Å²) >= 11 is 0. The predicted molar refractivity (Wildman–Crippen MR) is 135 cm³/mol. The van der Waals surface area contributed by atoms with Crippen LogP contribution >= 0.6 is 0 Å². The fourth-order valence-electron chi connectivity index (χ4n) is 1.42. The molecule has 0 unspecified atom stereocenters. The van der Waals surface area contributed by atoms with Crippen molar-refractivity contribution in [3.8, 4) is 0 Å². The molecule has 0 spiro atoms. The molecular formula is C27H45N. The molecule has 0 aromatic heterocycles. The maximum Gasteiger partial charge on any atom is 0.0395 e. The highest BCUT2D eigenvalue weighted by Crippen LogP contribution is 2.10. The van der Waals surface area contributed by atoms with Gasteiger partial charge in [0.1, 0.15) is 0 Å². The molecule has 0 amide bonds. The van der Waals surface area contributed by atoms with Gasteiger partial charge in [-0.2, -0.15) is 0 Å². The van der Waals surface area contributed by atoms with Crippen molar-refractivity contribution in [2.45, 2.75) is 69.7 Å². The lowest BCUT2D eigenvalue weighted by Gasteiger charge is -2.00. The van der Waals surface area contributed by atoms with E-state index >= 15 is 0 Å². The van der Waals surface area contributed by atoms with Crippen LogP contribution in [0.15, 0.2) is 95.7 Å². The molecular weight excluding hydrogens is 338 g/mol. The third kappa shape index (κ3) is 21.6. The summed E-state index contributed by atoms with van der Waals surface area (Å²) in [6.45, 7) is 25.6. The Kier molecular flexibility index (Phi) is 29.2. The van der Waals surface area contributed by atoms with E-state index in [1.807, 2.05) is 104 Å². The number of hydrogen-bond donors (Lipinski definition) is 0. The molecule has 28 heavy (non-hydrogen) atoms. The van der Waals surface area contributed by atoms with Gasteiger partial charge in [-0.25, -0.2) is 0 Å². The summed E-state index contributed by atoms with van der Waals surface area (Å²) < 4.78 is 0. The molecule has 0 saturated carbocycles. The van der Waals surface area contributed by atoms with Crippen LogP contribution in [0.3, 0.4) is 0 Å². The number of nitrogens with zero attached hydrogens (tertiary/aromatic N) is 1. The van der Waals surface area contributed by atoms with Gasteiger partial charge in [0.05, 0.1) is 0 Å². The van der Waals surface area contributed by atoms with Gasteiger partial charge in [0, 0.05) is 11.9 Å². The molecule has 158 valence electrons. The molecule has 0 radical (unpaired) electrons. The van der Waals surface area contributed by atoms with Crippen LogP contribution in [0.2, 0.25) is 0 Å². The average molecular weight is 384 g/mol. The monoisotopic (exact) mass is 383 g/mol. The Morgan fingerprint density at radius 3 is 1.64 bits per heavy atom. The number of allylic oxidation sites excluding steroid dienone is 7. The van der Waals surface area contributed by atoms with E-state index in [4.69, 9.17) is 0 Å². The fourth-order valence-corrected chi connectivity index (χ4v) is 1.42. The molecule has 1 heteroatoms. The van der Waals surface area contributed by atoms with Crippen LogP contribution in [0.25, 0.3) is 0 Å². The highest BCUT2D eigenvalue weighted by Gasteiger charge is 1.93. The van der Waals surface area contributed by atoms with Gasteiger partial charge in [-0.15, -0.1) is 0 Å². The first kappa shape index (κ1) is 33.2. The van der Waals surface area contributed by atoms with Gasteiger partial charge in [-0.05, 0) is 65.2 Å². The Morgan fingerprint density at radius 2 is 1.39 bits per heavy atom. The fraction of sp³-hybridized carbons (Fsp3) is 0.370. The molecule has 1 rings (SSSR count). The lowest BCUT2D eigenvalue weighted by atomic mass is 10.1. The molecule has 0 N–H and O–H groups in total. The molecule has 0 aliphatic heterocycles. The zero-order valence-corrected chi connectivity index (χ0v) is 19.1. The molecule has 0 aliphatic rings. The predicted octanol–water partition coefficient (Wildman–Crippen LogP) is 9.30. The first-order chi connectivity index (χ1) is 12.8. The summed E-state index contributed by atoms with van der Waals surface area (Å²) in [7, 11) is 0. The molecule has 0 saturated heterocycles. The first-order valence-electron chi connectivity index (χ1n) is 9.59. The quantitative estimate of drug-likeness (QED) is 0.279. The van der Waals surface area contributed by atoms with E-state index in [1.165, 1.54) is 5.56 Å². The maximum absolute atomic E-state index is 4.31.